The average Bonchev–Trinajstić information content (AvgIpc) is 2.96. The molecule has 6 heteroatoms. The molecule has 6 nitrogen and oxygen atoms in total. The van der Waals surface area contributed by atoms with Gasteiger partial charge in [0, 0.05) is 17.5 Å². The van der Waals surface area contributed by atoms with E-state index >= 15 is 0 Å². The quantitative estimate of drug-likeness (QED) is 0.845. The molecular formula is C15H15N3O3. The maximum atomic E-state index is 11.8. The Hall–Kier alpha value is -2.89. The Bertz CT molecular complexity index is 716. The van der Waals surface area contributed by atoms with Crippen LogP contribution in [0, 0.1) is 0 Å². The van der Waals surface area contributed by atoms with Crippen LogP contribution < -0.4 is 5.32 Å². The Morgan fingerprint density at radius 3 is 2.71 bits per heavy atom. The molecule has 0 aliphatic heterocycles. The van der Waals surface area contributed by atoms with Crippen LogP contribution in [-0.4, -0.2) is 26.8 Å². The number of carbonyl (C=O) groups is 2. The molecule has 0 saturated carbocycles. The first kappa shape index (κ1) is 14.5. The summed E-state index contributed by atoms with van der Waals surface area (Å²) in [5.41, 5.74) is 1.87. The number of carboxylic acid groups (broad SMARTS) is 1. The van der Waals surface area contributed by atoms with Crippen molar-refractivity contribution in [3.63, 3.8) is 0 Å². The molecule has 2 aromatic rings. The van der Waals surface area contributed by atoms with Crippen molar-refractivity contribution in [3.8, 4) is 5.69 Å². The predicted molar refractivity (Wildman–Crippen MR) is 78.6 cm³/mol. The molecule has 0 spiro atoms. The molecule has 21 heavy (non-hydrogen) atoms. The van der Waals surface area contributed by atoms with Gasteiger partial charge in [-0.2, -0.15) is 5.10 Å². The number of nitrogens with one attached hydrogen (secondary N) is 1. The Morgan fingerprint density at radius 2 is 2.10 bits per heavy atom. The van der Waals surface area contributed by atoms with Gasteiger partial charge in [0.25, 0.3) is 5.91 Å². The number of benzene rings is 1. The molecule has 108 valence electrons. The molecule has 2 N–H and O–H groups in total. The van der Waals surface area contributed by atoms with Crippen molar-refractivity contribution >= 4 is 17.6 Å². The maximum absolute atomic E-state index is 11.8. The highest BCUT2D eigenvalue weighted by atomic mass is 16.4. The number of aromatic carboxylic acids is 1. The fourth-order valence-electron chi connectivity index (χ4n) is 1.67. The van der Waals surface area contributed by atoms with Crippen molar-refractivity contribution in [2.75, 3.05) is 5.32 Å². The summed E-state index contributed by atoms with van der Waals surface area (Å²) in [6.07, 6.45) is 3.29. The Labute approximate surface area is 121 Å². The smallest absolute Gasteiger partial charge is 0.356 e. The number of allylic oxidation sites excluding steroid dienone is 1. The van der Waals surface area contributed by atoms with Crippen molar-refractivity contribution in [3.05, 3.63) is 53.9 Å². The van der Waals surface area contributed by atoms with Gasteiger partial charge in [0.1, 0.15) is 0 Å². The van der Waals surface area contributed by atoms with Crippen molar-refractivity contribution in [1.29, 1.82) is 0 Å². The van der Waals surface area contributed by atoms with Crippen LogP contribution in [0.4, 0.5) is 5.69 Å². The molecule has 0 fully saturated rings. The van der Waals surface area contributed by atoms with E-state index in [0.29, 0.717) is 16.9 Å². The second-order valence-corrected chi connectivity index (χ2v) is 4.43. The van der Waals surface area contributed by atoms with Gasteiger partial charge >= 0.3 is 5.97 Å². The normalized spacial score (nSPS) is 11.2. The van der Waals surface area contributed by atoms with Crippen LogP contribution in [0.2, 0.25) is 0 Å². The SMILES string of the molecule is CC=C(C)C(=O)Nc1cccc(-n2ccc(C(=O)O)n2)c1. The first-order valence-electron chi connectivity index (χ1n) is 6.35. The first-order valence-corrected chi connectivity index (χ1v) is 6.35. The molecule has 0 radical (unpaired) electrons. The molecule has 0 bridgehead atoms. The monoisotopic (exact) mass is 285 g/mol. The van der Waals surface area contributed by atoms with Crippen molar-refractivity contribution < 1.29 is 14.7 Å². The van der Waals surface area contributed by atoms with E-state index in [9.17, 15) is 9.59 Å². The van der Waals surface area contributed by atoms with Crippen LogP contribution in [0.3, 0.4) is 0 Å². The molecule has 0 unspecified atom stereocenters. The summed E-state index contributed by atoms with van der Waals surface area (Å²) in [7, 11) is 0. The van der Waals surface area contributed by atoms with Crippen molar-refractivity contribution in [1.82, 2.24) is 9.78 Å². The minimum Gasteiger partial charge on any atom is -0.476 e. The number of anilines is 1. The second kappa shape index (κ2) is 6.04. The average molecular weight is 285 g/mol. The highest BCUT2D eigenvalue weighted by molar-refractivity contribution is 6.03. The number of hydrogen-bond acceptors (Lipinski definition) is 3. The zero-order valence-electron chi connectivity index (χ0n) is 11.7. The molecule has 2 rings (SSSR count). The van der Waals surface area contributed by atoms with Crippen molar-refractivity contribution in [2.45, 2.75) is 13.8 Å². The van der Waals surface area contributed by atoms with Gasteiger partial charge in [0.05, 0.1) is 5.69 Å². The fraction of sp³-hybridized carbons (Fsp3) is 0.133. The van der Waals surface area contributed by atoms with Gasteiger partial charge < -0.3 is 10.4 Å². The minimum atomic E-state index is -1.08. The summed E-state index contributed by atoms with van der Waals surface area (Å²) in [5, 5.41) is 15.6. The topological polar surface area (TPSA) is 84.2 Å². The van der Waals surface area contributed by atoms with Crippen LogP contribution in [0.5, 0.6) is 0 Å². The Kier molecular flexibility index (Phi) is 4.18. The molecule has 0 aliphatic carbocycles. The highest BCUT2D eigenvalue weighted by Crippen LogP contribution is 2.15. The van der Waals surface area contributed by atoms with E-state index < -0.39 is 5.97 Å². The largest absolute Gasteiger partial charge is 0.476 e. The van der Waals surface area contributed by atoms with Crippen LogP contribution in [0.15, 0.2) is 48.2 Å². The van der Waals surface area contributed by atoms with Gasteiger partial charge in [-0.05, 0) is 38.1 Å². The fourth-order valence-corrected chi connectivity index (χ4v) is 1.67. The van der Waals surface area contributed by atoms with Gasteiger partial charge in [0.15, 0.2) is 5.69 Å². The van der Waals surface area contributed by atoms with Gasteiger partial charge in [-0.25, -0.2) is 9.48 Å². The predicted octanol–water partition coefficient (Wildman–Crippen LogP) is 2.48. The van der Waals surface area contributed by atoms with Crippen LogP contribution >= 0.6 is 0 Å². The van der Waals surface area contributed by atoms with Crippen LogP contribution in [0.1, 0.15) is 24.3 Å². The number of nitrogens with zero attached hydrogens (tertiary/aromatic N) is 2. The van der Waals surface area contributed by atoms with Crippen molar-refractivity contribution in [2.24, 2.45) is 0 Å². The molecule has 0 saturated heterocycles. The molecule has 0 atom stereocenters. The molecule has 1 heterocycles. The van der Waals surface area contributed by atoms with E-state index in [1.54, 1.807) is 50.4 Å². The number of aromatic nitrogens is 2. The number of carboxylic acids is 1. The molecule has 1 amide bonds. The summed E-state index contributed by atoms with van der Waals surface area (Å²) < 4.78 is 1.45. The number of amides is 1. The summed E-state index contributed by atoms with van der Waals surface area (Å²) in [6, 6.07) is 8.43. The Morgan fingerprint density at radius 1 is 1.33 bits per heavy atom. The molecule has 0 aliphatic rings. The lowest BCUT2D eigenvalue weighted by Crippen LogP contribution is -2.12. The van der Waals surface area contributed by atoms with E-state index in [1.165, 1.54) is 10.7 Å². The summed E-state index contributed by atoms with van der Waals surface area (Å²) in [6.45, 7) is 3.52. The van der Waals surface area contributed by atoms with E-state index in [-0.39, 0.29) is 11.6 Å². The number of rotatable bonds is 4. The van der Waals surface area contributed by atoms with E-state index in [2.05, 4.69) is 10.4 Å². The van der Waals surface area contributed by atoms with Gasteiger partial charge in [-0.3, -0.25) is 4.79 Å². The zero-order chi connectivity index (χ0) is 15.4. The number of hydrogen-bond donors (Lipinski definition) is 2. The van der Waals surface area contributed by atoms with Gasteiger partial charge in [-0.15, -0.1) is 0 Å². The summed E-state index contributed by atoms with van der Waals surface area (Å²) >= 11 is 0. The minimum absolute atomic E-state index is 0.0331. The van der Waals surface area contributed by atoms with E-state index in [1.807, 2.05) is 0 Å². The standard InChI is InChI=1S/C15H15N3O3/c1-3-10(2)14(19)16-11-5-4-6-12(9-11)18-8-7-13(17-18)15(20)21/h3-9H,1-2H3,(H,16,19)(H,20,21). The van der Waals surface area contributed by atoms with Crippen LogP contribution in [-0.2, 0) is 4.79 Å². The summed E-state index contributed by atoms with van der Waals surface area (Å²) in [5.74, 6) is -1.26. The maximum Gasteiger partial charge on any atom is 0.356 e. The third-order valence-corrected chi connectivity index (χ3v) is 2.97. The molecule has 1 aromatic heterocycles. The third kappa shape index (κ3) is 3.36. The molecular weight excluding hydrogens is 270 g/mol. The van der Waals surface area contributed by atoms with Gasteiger partial charge in [-0.1, -0.05) is 12.1 Å². The summed E-state index contributed by atoms with van der Waals surface area (Å²) in [4.78, 5) is 22.6. The highest BCUT2D eigenvalue weighted by Gasteiger charge is 2.09. The molecule has 1 aromatic carbocycles. The second-order valence-electron chi connectivity index (χ2n) is 4.43. The van der Waals surface area contributed by atoms with Crippen LogP contribution in [0.25, 0.3) is 5.69 Å². The first-order chi connectivity index (χ1) is 10.0. The lowest BCUT2D eigenvalue weighted by atomic mass is 10.2. The Balaban J connectivity index is 2.24. The number of carbonyl (C=O) groups excluding carboxylic acids is 1. The van der Waals surface area contributed by atoms with E-state index in [4.69, 9.17) is 5.11 Å². The zero-order valence-corrected chi connectivity index (χ0v) is 11.7. The lowest BCUT2D eigenvalue weighted by Gasteiger charge is -2.07. The van der Waals surface area contributed by atoms with Gasteiger partial charge in [0.2, 0.25) is 0 Å². The van der Waals surface area contributed by atoms with E-state index in [0.717, 1.165) is 0 Å². The third-order valence-electron chi connectivity index (χ3n) is 2.97. The lowest BCUT2D eigenvalue weighted by molar-refractivity contribution is -0.112.